The Kier molecular flexibility index (Phi) is 6.53. The molecule has 1 atom stereocenters. The number of hydrogen-bond donors (Lipinski definition) is 2. The second kappa shape index (κ2) is 9.49. The summed E-state index contributed by atoms with van der Waals surface area (Å²) in [5.74, 6) is 0.689. The first-order chi connectivity index (χ1) is 15.0. The van der Waals surface area contributed by atoms with Gasteiger partial charge in [0.05, 0.1) is 6.04 Å². The van der Waals surface area contributed by atoms with Gasteiger partial charge < -0.3 is 15.4 Å². The summed E-state index contributed by atoms with van der Waals surface area (Å²) >= 11 is 7.24. The van der Waals surface area contributed by atoms with Gasteiger partial charge in [0.25, 0.3) is 5.91 Å². The van der Waals surface area contributed by atoms with E-state index in [1.807, 2.05) is 31.2 Å². The van der Waals surface area contributed by atoms with Gasteiger partial charge in [0.2, 0.25) is 5.91 Å². The number of benzene rings is 2. The summed E-state index contributed by atoms with van der Waals surface area (Å²) in [6.45, 7) is 2.19. The summed E-state index contributed by atoms with van der Waals surface area (Å²) in [5, 5.41) is 8.95. The molecule has 8 heteroatoms. The van der Waals surface area contributed by atoms with Crippen molar-refractivity contribution in [1.29, 1.82) is 0 Å². The third-order valence-electron chi connectivity index (χ3n) is 4.93. The summed E-state index contributed by atoms with van der Waals surface area (Å²) in [4.78, 5) is 28.8. The van der Waals surface area contributed by atoms with Crippen molar-refractivity contribution < 1.29 is 14.3 Å². The molecule has 6 nitrogen and oxygen atoms in total. The number of halogens is 1. The van der Waals surface area contributed by atoms with Gasteiger partial charge in [-0.2, -0.15) is 0 Å². The Morgan fingerprint density at radius 2 is 1.87 bits per heavy atom. The summed E-state index contributed by atoms with van der Waals surface area (Å²) in [5.41, 5.74) is 2.07. The Morgan fingerprint density at radius 1 is 1.16 bits per heavy atom. The average Bonchev–Trinajstić information content (AvgIpc) is 3.52. The van der Waals surface area contributed by atoms with Crippen LogP contribution in [0.1, 0.15) is 46.9 Å². The van der Waals surface area contributed by atoms with Gasteiger partial charge >= 0.3 is 0 Å². The van der Waals surface area contributed by atoms with Crippen LogP contribution in [0, 0.1) is 5.92 Å². The molecule has 1 aliphatic rings. The maximum Gasteiger partial charge on any atom is 0.271 e. The third kappa shape index (κ3) is 5.83. The second-order valence-electron chi connectivity index (χ2n) is 7.45. The van der Waals surface area contributed by atoms with Gasteiger partial charge in [-0.15, -0.1) is 11.3 Å². The van der Waals surface area contributed by atoms with Crippen LogP contribution in [0.2, 0.25) is 5.02 Å². The van der Waals surface area contributed by atoms with Gasteiger partial charge in [0.15, 0.2) is 0 Å². The van der Waals surface area contributed by atoms with E-state index in [4.69, 9.17) is 16.3 Å². The predicted molar refractivity (Wildman–Crippen MR) is 122 cm³/mol. The number of nitrogens with zero attached hydrogens (tertiary/aromatic N) is 1. The molecule has 2 aromatic carbocycles. The molecule has 1 aromatic heterocycles. The Hall–Kier alpha value is -2.90. The van der Waals surface area contributed by atoms with E-state index in [2.05, 4.69) is 15.6 Å². The highest BCUT2D eigenvalue weighted by atomic mass is 35.5. The lowest BCUT2D eigenvalue weighted by atomic mass is 10.1. The molecule has 160 valence electrons. The molecule has 1 unspecified atom stereocenters. The molecule has 3 aromatic rings. The SMILES string of the molecule is CC(NC(=O)c1csc(COc2ccc(Cl)cc2)n1)c1ccc(NC(=O)C2CC2)cc1. The van der Waals surface area contributed by atoms with Gasteiger partial charge in [0, 0.05) is 22.0 Å². The van der Waals surface area contributed by atoms with Crippen molar-refractivity contribution in [2.75, 3.05) is 5.32 Å². The average molecular weight is 456 g/mol. The molecule has 0 spiro atoms. The van der Waals surface area contributed by atoms with E-state index in [1.54, 1.807) is 29.6 Å². The van der Waals surface area contributed by atoms with Crippen LogP contribution in [0.25, 0.3) is 0 Å². The minimum atomic E-state index is -0.243. The Labute approximate surface area is 189 Å². The molecule has 0 aliphatic heterocycles. The van der Waals surface area contributed by atoms with Crippen molar-refractivity contribution >= 4 is 40.4 Å². The molecule has 1 aliphatic carbocycles. The third-order valence-corrected chi connectivity index (χ3v) is 6.01. The summed E-state index contributed by atoms with van der Waals surface area (Å²) in [7, 11) is 0. The zero-order chi connectivity index (χ0) is 21.8. The monoisotopic (exact) mass is 455 g/mol. The van der Waals surface area contributed by atoms with Gasteiger partial charge in [-0.25, -0.2) is 4.98 Å². The number of rotatable bonds is 8. The largest absolute Gasteiger partial charge is 0.486 e. The van der Waals surface area contributed by atoms with Crippen molar-refractivity contribution in [3.63, 3.8) is 0 Å². The number of carbonyl (C=O) groups excluding carboxylic acids is 2. The van der Waals surface area contributed by atoms with Crippen molar-refractivity contribution in [3.05, 3.63) is 75.2 Å². The minimum absolute atomic E-state index is 0.0773. The molecule has 0 radical (unpaired) electrons. The maximum absolute atomic E-state index is 12.6. The van der Waals surface area contributed by atoms with Crippen LogP contribution in [0.4, 0.5) is 5.69 Å². The minimum Gasteiger partial charge on any atom is -0.486 e. The molecular weight excluding hydrogens is 434 g/mol. The Bertz CT molecular complexity index is 1060. The Morgan fingerprint density at radius 3 is 2.55 bits per heavy atom. The van der Waals surface area contributed by atoms with Gasteiger partial charge in [-0.05, 0) is 61.7 Å². The van der Waals surface area contributed by atoms with Crippen molar-refractivity contribution in [2.45, 2.75) is 32.4 Å². The fourth-order valence-electron chi connectivity index (χ4n) is 2.96. The van der Waals surface area contributed by atoms with Crippen molar-refractivity contribution in [3.8, 4) is 5.75 Å². The zero-order valence-electron chi connectivity index (χ0n) is 16.9. The lowest BCUT2D eigenvalue weighted by molar-refractivity contribution is -0.117. The first kappa shape index (κ1) is 21.3. The van der Waals surface area contributed by atoms with Crippen molar-refractivity contribution in [1.82, 2.24) is 10.3 Å². The van der Waals surface area contributed by atoms with Crippen molar-refractivity contribution in [2.24, 2.45) is 5.92 Å². The normalized spacial score (nSPS) is 14.0. The topological polar surface area (TPSA) is 80.3 Å². The molecule has 1 heterocycles. The lowest BCUT2D eigenvalue weighted by Gasteiger charge is -2.14. The van der Waals surface area contributed by atoms with Crippen LogP contribution in [0.5, 0.6) is 5.75 Å². The fourth-order valence-corrected chi connectivity index (χ4v) is 3.77. The lowest BCUT2D eigenvalue weighted by Crippen LogP contribution is -2.27. The molecule has 1 saturated carbocycles. The van der Waals surface area contributed by atoms with E-state index in [0.717, 1.165) is 24.1 Å². The maximum atomic E-state index is 12.6. The molecular formula is C23H22ClN3O3S. The standard InChI is InChI=1S/C23H22ClN3O3S/c1-14(15-4-8-18(9-5-15)26-22(28)16-2-3-16)25-23(29)20-13-31-21(27-20)12-30-19-10-6-17(24)7-11-19/h4-11,13-14,16H,2-3,12H2,1H3,(H,25,29)(H,26,28). The van der Waals surface area contributed by atoms with E-state index in [1.165, 1.54) is 11.3 Å². The first-order valence-electron chi connectivity index (χ1n) is 10.0. The second-order valence-corrected chi connectivity index (χ2v) is 8.83. The Balaban J connectivity index is 1.29. The number of amides is 2. The van der Waals surface area contributed by atoms with E-state index < -0.39 is 0 Å². The van der Waals surface area contributed by atoms with Gasteiger partial charge in [-0.1, -0.05) is 23.7 Å². The van der Waals surface area contributed by atoms with Crippen LogP contribution in [0.15, 0.2) is 53.9 Å². The number of ether oxygens (including phenoxy) is 1. The first-order valence-corrected chi connectivity index (χ1v) is 11.3. The summed E-state index contributed by atoms with van der Waals surface area (Å²) < 4.78 is 5.68. The number of aromatic nitrogens is 1. The number of anilines is 1. The van der Waals surface area contributed by atoms with E-state index in [-0.39, 0.29) is 30.4 Å². The van der Waals surface area contributed by atoms with Crippen LogP contribution in [-0.2, 0) is 11.4 Å². The predicted octanol–water partition coefficient (Wildman–Crippen LogP) is 5.22. The fraction of sp³-hybridized carbons (Fsp3) is 0.261. The van der Waals surface area contributed by atoms with Crippen LogP contribution in [0.3, 0.4) is 0 Å². The summed E-state index contributed by atoms with van der Waals surface area (Å²) in [6, 6.07) is 14.4. The van der Waals surface area contributed by atoms with E-state index >= 15 is 0 Å². The zero-order valence-corrected chi connectivity index (χ0v) is 18.5. The summed E-state index contributed by atoms with van der Waals surface area (Å²) in [6.07, 6.45) is 1.94. The molecule has 4 rings (SSSR count). The number of carbonyl (C=O) groups is 2. The quantitative estimate of drug-likeness (QED) is 0.488. The highest BCUT2D eigenvalue weighted by Crippen LogP contribution is 2.30. The molecule has 2 amide bonds. The van der Waals surface area contributed by atoms with E-state index in [9.17, 15) is 9.59 Å². The van der Waals surface area contributed by atoms with Gasteiger partial charge in [-0.3, -0.25) is 9.59 Å². The highest BCUT2D eigenvalue weighted by molar-refractivity contribution is 7.09. The van der Waals surface area contributed by atoms with Crippen LogP contribution in [-0.4, -0.2) is 16.8 Å². The van der Waals surface area contributed by atoms with E-state index in [0.29, 0.717) is 21.5 Å². The van der Waals surface area contributed by atoms with Gasteiger partial charge in [0.1, 0.15) is 23.1 Å². The van der Waals surface area contributed by atoms with Crippen LogP contribution >= 0.6 is 22.9 Å². The highest BCUT2D eigenvalue weighted by Gasteiger charge is 2.29. The molecule has 1 fully saturated rings. The molecule has 0 bridgehead atoms. The molecule has 0 saturated heterocycles. The smallest absolute Gasteiger partial charge is 0.271 e. The number of hydrogen-bond acceptors (Lipinski definition) is 5. The molecule has 2 N–H and O–H groups in total. The molecule has 31 heavy (non-hydrogen) atoms. The van der Waals surface area contributed by atoms with Crippen LogP contribution < -0.4 is 15.4 Å². The number of thiazole rings is 1. The number of nitrogens with one attached hydrogen (secondary N) is 2.